The zero-order valence-electron chi connectivity index (χ0n) is 32.2. The van der Waals surface area contributed by atoms with Gasteiger partial charge in [-0.1, -0.05) is 48.5 Å². The fourth-order valence-electron chi connectivity index (χ4n) is 7.58. The normalized spacial score (nSPS) is 11.7. The Kier molecular flexibility index (Phi) is 9.35. The Labute approximate surface area is 334 Å². The summed E-state index contributed by atoms with van der Waals surface area (Å²) in [4.78, 5) is 30.9. The van der Waals surface area contributed by atoms with E-state index in [2.05, 4.69) is 27.3 Å². The molecule has 5 heterocycles. The summed E-state index contributed by atoms with van der Waals surface area (Å²) in [5.74, 6) is 2.91. The van der Waals surface area contributed by atoms with Gasteiger partial charge in [0, 0.05) is 33.3 Å². The highest BCUT2D eigenvalue weighted by atomic mass is 16.5. The number of methoxy groups -OCH3 is 4. The maximum Gasteiger partial charge on any atom is 0.134 e. The van der Waals surface area contributed by atoms with Gasteiger partial charge in [0.2, 0.25) is 0 Å². The van der Waals surface area contributed by atoms with Crippen molar-refractivity contribution in [1.29, 1.82) is 0 Å². The third-order valence-electron chi connectivity index (χ3n) is 10.5. The molecule has 10 heteroatoms. The van der Waals surface area contributed by atoms with Gasteiger partial charge >= 0.3 is 0 Å². The van der Waals surface area contributed by atoms with Crippen molar-refractivity contribution in [1.82, 2.24) is 19.9 Å². The number of nitrogens with one attached hydrogen (secondary N) is 2. The lowest BCUT2D eigenvalue weighted by atomic mass is 10.0. The van der Waals surface area contributed by atoms with Crippen LogP contribution in [0.4, 0.5) is 5.69 Å². The first-order valence-electron chi connectivity index (χ1n) is 18.6. The second kappa shape index (κ2) is 15.1. The van der Waals surface area contributed by atoms with Crippen molar-refractivity contribution in [3.05, 3.63) is 143 Å². The summed E-state index contributed by atoms with van der Waals surface area (Å²) in [6, 6.07) is 37.3. The van der Waals surface area contributed by atoms with E-state index in [-0.39, 0.29) is 5.69 Å². The molecule has 58 heavy (non-hydrogen) atoms. The fourth-order valence-corrected chi connectivity index (χ4v) is 7.58. The van der Waals surface area contributed by atoms with Crippen LogP contribution < -0.4 is 18.9 Å². The van der Waals surface area contributed by atoms with Crippen molar-refractivity contribution in [3.8, 4) is 67.5 Å². The molecule has 284 valence electrons. The maximum absolute atomic E-state index is 12.9. The van der Waals surface area contributed by atoms with Crippen molar-refractivity contribution < 1.29 is 18.9 Å². The number of benzene rings is 4. The van der Waals surface area contributed by atoms with Crippen LogP contribution >= 0.6 is 0 Å². The average molecular weight is 764 g/mol. The maximum atomic E-state index is 12.9. The van der Waals surface area contributed by atoms with E-state index >= 15 is 0 Å². The molecule has 0 amide bonds. The Morgan fingerprint density at radius 1 is 0.414 bits per heavy atom. The molecule has 0 saturated carbocycles. The summed E-state index contributed by atoms with van der Waals surface area (Å²) >= 11 is 0. The highest BCUT2D eigenvalue weighted by Crippen LogP contribution is 2.42. The molecule has 0 fully saturated rings. The quantitative estimate of drug-likeness (QED) is 0.140. The van der Waals surface area contributed by atoms with Crippen molar-refractivity contribution >= 4 is 52.1 Å². The molecule has 0 unspecified atom stereocenters. The molecule has 2 N–H and O–H groups in total. The first-order valence-corrected chi connectivity index (χ1v) is 18.6. The lowest BCUT2D eigenvalue weighted by molar-refractivity contribution is 0.415. The Bertz CT molecular complexity index is 2930. The second-order valence-electron chi connectivity index (χ2n) is 13.7. The number of hydrogen-bond acceptors (Lipinski definition) is 8. The molecule has 7 aromatic rings. The first-order chi connectivity index (χ1) is 28.5. The van der Waals surface area contributed by atoms with Crippen LogP contribution in [0.25, 0.3) is 90.9 Å². The van der Waals surface area contributed by atoms with Gasteiger partial charge < -0.3 is 28.9 Å². The summed E-state index contributed by atoms with van der Waals surface area (Å²) in [5, 5.41) is 3.58. The number of nitrogens with zero attached hydrogens (tertiary/aromatic N) is 3. The van der Waals surface area contributed by atoms with E-state index in [1.807, 2.05) is 121 Å². The second-order valence-corrected chi connectivity index (χ2v) is 13.7. The zero-order valence-corrected chi connectivity index (χ0v) is 32.2. The Morgan fingerprint density at radius 3 is 1.09 bits per heavy atom. The molecule has 0 atom stereocenters. The molecular formula is C48H37N5O5. The predicted octanol–water partition coefficient (Wildman–Crippen LogP) is 11.8. The predicted molar refractivity (Wildman–Crippen MR) is 232 cm³/mol. The molecule has 10 nitrogen and oxygen atoms in total. The zero-order chi connectivity index (χ0) is 39.8. The van der Waals surface area contributed by atoms with Crippen molar-refractivity contribution in [2.24, 2.45) is 5.18 Å². The highest BCUT2D eigenvalue weighted by Gasteiger charge is 2.21. The van der Waals surface area contributed by atoms with E-state index in [1.54, 1.807) is 34.5 Å². The van der Waals surface area contributed by atoms with Crippen LogP contribution in [-0.2, 0) is 0 Å². The number of aromatic nitrogens is 4. The van der Waals surface area contributed by atoms with Crippen LogP contribution in [0.15, 0.2) is 120 Å². The number of rotatable bonds is 9. The van der Waals surface area contributed by atoms with Crippen LogP contribution in [0.1, 0.15) is 22.8 Å². The Hall–Kier alpha value is -7.72. The van der Waals surface area contributed by atoms with Crippen molar-refractivity contribution in [2.45, 2.75) is 0 Å². The Balaban J connectivity index is 1.47. The lowest BCUT2D eigenvalue weighted by Crippen LogP contribution is -1.90. The van der Waals surface area contributed by atoms with Gasteiger partial charge in [-0.05, 0) is 118 Å². The van der Waals surface area contributed by atoms with Crippen LogP contribution in [0.2, 0.25) is 0 Å². The van der Waals surface area contributed by atoms with Gasteiger partial charge in [-0.3, -0.25) is 0 Å². The number of H-pyrrole nitrogens is 2. The molecular weight excluding hydrogens is 727 g/mol. The van der Waals surface area contributed by atoms with Gasteiger partial charge in [-0.2, -0.15) is 0 Å². The van der Waals surface area contributed by atoms with Gasteiger partial charge in [0.05, 0.1) is 62.2 Å². The number of fused-ring (bicyclic) bond motifs is 8. The molecule has 0 saturated heterocycles. The van der Waals surface area contributed by atoms with E-state index in [0.717, 1.165) is 72.9 Å². The summed E-state index contributed by atoms with van der Waals surface area (Å²) in [5.41, 5.74) is 12.7. The molecule has 4 aromatic carbocycles. The van der Waals surface area contributed by atoms with E-state index in [9.17, 15) is 4.91 Å². The molecule has 3 aromatic heterocycles. The summed E-state index contributed by atoms with van der Waals surface area (Å²) in [7, 11) is 6.57. The standard InChI is InChI=1S/C48H37N5O5/c1-55-32-13-5-28(6-14-32)44-36-21-22-37(49-36)45(29-7-15-33(56-2)16-8-29)39-25-26-41(51-39)47(31-11-19-35(58-4)20-12-31)48-43(53-54)27-42(52-48)46(40-24-23-38(44)50-40)30-9-17-34(57-3)18-10-30/h5-27,49,52H,1-4H3. The molecule has 0 aliphatic carbocycles. The number of nitroso groups, excluding NO2 is 1. The van der Waals surface area contributed by atoms with E-state index < -0.39 is 0 Å². The topological polar surface area (TPSA) is 124 Å². The van der Waals surface area contributed by atoms with Gasteiger partial charge in [-0.25, -0.2) is 9.97 Å². The number of aromatic amines is 2. The van der Waals surface area contributed by atoms with Crippen molar-refractivity contribution in [3.63, 3.8) is 0 Å². The molecule has 8 bridgehead atoms. The molecule has 0 spiro atoms. The van der Waals surface area contributed by atoms with Crippen LogP contribution in [0.5, 0.6) is 23.0 Å². The van der Waals surface area contributed by atoms with Crippen LogP contribution in [0, 0.1) is 4.91 Å². The van der Waals surface area contributed by atoms with Gasteiger partial charge in [0.25, 0.3) is 0 Å². The molecule has 9 rings (SSSR count). The van der Waals surface area contributed by atoms with Gasteiger partial charge in [0.1, 0.15) is 28.7 Å². The molecule has 2 aliphatic rings. The number of hydrogen-bond donors (Lipinski definition) is 2. The minimum absolute atomic E-state index is 0.228. The summed E-state index contributed by atoms with van der Waals surface area (Å²) in [6.45, 7) is 0. The minimum atomic E-state index is 0.228. The highest BCUT2D eigenvalue weighted by molar-refractivity contribution is 6.02. The third kappa shape index (κ3) is 6.46. The fraction of sp³-hybridized carbons (Fsp3) is 0.0833. The Morgan fingerprint density at radius 2 is 0.741 bits per heavy atom. The smallest absolute Gasteiger partial charge is 0.134 e. The first kappa shape index (κ1) is 35.9. The van der Waals surface area contributed by atoms with Crippen LogP contribution in [-0.4, -0.2) is 48.4 Å². The summed E-state index contributed by atoms with van der Waals surface area (Å²) in [6.07, 6.45) is 8.00. The molecule has 0 radical (unpaired) electrons. The average Bonchev–Trinajstić information content (AvgIpc) is 4.12. The van der Waals surface area contributed by atoms with Crippen LogP contribution in [0.3, 0.4) is 0 Å². The lowest BCUT2D eigenvalue weighted by Gasteiger charge is -2.08. The van der Waals surface area contributed by atoms with E-state index in [0.29, 0.717) is 39.5 Å². The largest absolute Gasteiger partial charge is 0.497 e. The minimum Gasteiger partial charge on any atom is -0.497 e. The third-order valence-corrected chi connectivity index (χ3v) is 10.5. The van der Waals surface area contributed by atoms with E-state index in [4.69, 9.17) is 28.9 Å². The van der Waals surface area contributed by atoms with Crippen molar-refractivity contribution in [2.75, 3.05) is 28.4 Å². The van der Waals surface area contributed by atoms with Gasteiger partial charge in [0.15, 0.2) is 0 Å². The monoisotopic (exact) mass is 763 g/mol. The molecule has 2 aliphatic heterocycles. The number of ether oxygens (including phenoxy) is 4. The SMILES string of the molecule is COc1ccc(-c2c3nc(c(-c4ccc(OC)cc4)c4cc(N=O)c([nH]4)c(-c4ccc(OC)cc4)c4nc(c(-c5ccc(OC)cc5)c5ccc2[nH]5)C=C4)C=C3)cc1. The summed E-state index contributed by atoms with van der Waals surface area (Å²) < 4.78 is 22.1. The van der Waals surface area contributed by atoms with E-state index in [1.165, 1.54) is 0 Å². The van der Waals surface area contributed by atoms with Gasteiger partial charge in [-0.15, -0.1) is 4.91 Å².